The fraction of sp³-hybridized carbons (Fsp3) is 0.214. The van der Waals surface area contributed by atoms with Gasteiger partial charge in [-0.1, -0.05) is 23.7 Å². The van der Waals surface area contributed by atoms with Gasteiger partial charge < -0.3 is 24.3 Å². The van der Waals surface area contributed by atoms with E-state index in [-0.39, 0.29) is 23.1 Å². The molecule has 10 nitrogen and oxygen atoms in total. The van der Waals surface area contributed by atoms with Crippen LogP contribution in [-0.2, 0) is 11.3 Å². The zero-order valence-electron chi connectivity index (χ0n) is 20.8. The van der Waals surface area contributed by atoms with E-state index in [0.29, 0.717) is 59.3 Å². The first kappa shape index (κ1) is 26.0. The van der Waals surface area contributed by atoms with E-state index in [0.717, 1.165) is 11.3 Å². The van der Waals surface area contributed by atoms with Crippen LogP contribution in [0.5, 0.6) is 17.2 Å². The van der Waals surface area contributed by atoms with Gasteiger partial charge in [-0.3, -0.25) is 15.1 Å². The molecule has 5 rings (SSSR count). The van der Waals surface area contributed by atoms with E-state index in [9.17, 15) is 15.4 Å². The van der Waals surface area contributed by atoms with Crippen molar-refractivity contribution in [2.24, 2.45) is 0 Å². The molecule has 1 aliphatic rings. The Morgan fingerprint density at radius 1 is 1.21 bits per heavy atom. The summed E-state index contributed by atoms with van der Waals surface area (Å²) in [6, 6.07) is 17.6. The van der Waals surface area contributed by atoms with Crippen LogP contribution in [0, 0.1) is 21.4 Å². The maximum atomic E-state index is 11.9. The van der Waals surface area contributed by atoms with Gasteiger partial charge in [-0.2, -0.15) is 5.26 Å². The van der Waals surface area contributed by atoms with Crippen LogP contribution >= 0.6 is 11.6 Å². The number of rotatable bonds is 9. The molecule has 4 aromatic rings. The normalized spacial score (nSPS) is 14.5. The number of nitro groups is 1. The Balaban J connectivity index is 1.42. The number of fused-ring (bicyclic) bond motifs is 1. The molecular formula is C28H23ClN4O6. The van der Waals surface area contributed by atoms with Crippen molar-refractivity contribution >= 4 is 39.6 Å². The van der Waals surface area contributed by atoms with Crippen LogP contribution in [0.3, 0.4) is 0 Å². The van der Waals surface area contributed by atoms with Crippen molar-refractivity contribution < 1.29 is 23.9 Å². The highest BCUT2D eigenvalue weighted by Gasteiger charge is 2.25. The largest absolute Gasteiger partial charge is 0.497 e. The maximum Gasteiger partial charge on any atom is 0.311 e. The third-order valence-corrected chi connectivity index (χ3v) is 6.50. The molecule has 1 saturated heterocycles. The van der Waals surface area contributed by atoms with Gasteiger partial charge in [0.2, 0.25) is 0 Å². The first-order valence-corrected chi connectivity index (χ1v) is 12.4. The summed E-state index contributed by atoms with van der Waals surface area (Å²) in [6.07, 6.45) is 1.78. The summed E-state index contributed by atoms with van der Waals surface area (Å²) in [6.45, 7) is 1.21. The smallest absolute Gasteiger partial charge is 0.311 e. The second-order valence-corrected chi connectivity index (χ2v) is 9.17. The number of hydrogen-bond donors (Lipinski definition) is 1. The van der Waals surface area contributed by atoms with Crippen LogP contribution in [0.25, 0.3) is 10.9 Å². The molecule has 1 fully saturated rings. The van der Waals surface area contributed by atoms with E-state index in [1.54, 1.807) is 25.3 Å². The molecule has 198 valence electrons. The van der Waals surface area contributed by atoms with E-state index < -0.39 is 4.92 Å². The van der Waals surface area contributed by atoms with E-state index in [1.165, 1.54) is 18.3 Å². The minimum atomic E-state index is -0.515. The Hall–Kier alpha value is -4.59. The lowest BCUT2D eigenvalue weighted by Gasteiger charge is -2.16. The minimum absolute atomic E-state index is 0.104. The number of halogens is 1. The molecule has 0 amide bonds. The summed E-state index contributed by atoms with van der Waals surface area (Å²) in [5.74, 6) is 1.34. The predicted molar refractivity (Wildman–Crippen MR) is 145 cm³/mol. The van der Waals surface area contributed by atoms with Crippen molar-refractivity contribution in [3.05, 3.63) is 87.1 Å². The molecule has 2 heterocycles. The maximum absolute atomic E-state index is 11.9. The first-order chi connectivity index (χ1) is 18.9. The summed E-state index contributed by atoms with van der Waals surface area (Å²) < 4.78 is 22.2. The molecule has 39 heavy (non-hydrogen) atoms. The number of aromatic nitrogens is 1. The highest BCUT2D eigenvalue weighted by Crippen LogP contribution is 2.39. The van der Waals surface area contributed by atoms with Gasteiger partial charge in [-0.15, -0.1) is 0 Å². The Kier molecular flexibility index (Phi) is 7.63. The molecule has 0 saturated carbocycles. The van der Waals surface area contributed by atoms with Crippen LogP contribution in [0.1, 0.15) is 17.5 Å². The SMILES string of the molecule is COc1ccc(COc2ccc(Nc3c(C#N)cnc4cc(OC5CCOC5)c([N+](=O)[O-])cc34)cc2Cl)cc1. The number of hydrogen-bond acceptors (Lipinski definition) is 9. The Labute approximate surface area is 228 Å². The number of pyridine rings is 1. The number of benzene rings is 3. The molecule has 0 spiro atoms. The van der Waals surface area contributed by atoms with Gasteiger partial charge in [0, 0.05) is 35.8 Å². The third-order valence-electron chi connectivity index (χ3n) is 6.20. The van der Waals surface area contributed by atoms with Crippen molar-refractivity contribution in [3.63, 3.8) is 0 Å². The van der Waals surface area contributed by atoms with Crippen LogP contribution in [0.2, 0.25) is 5.02 Å². The molecule has 1 N–H and O–H groups in total. The molecule has 0 radical (unpaired) electrons. The second kappa shape index (κ2) is 11.4. The van der Waals surface area contributed by atoms with Crippen molar-refractivity contribution in [2.75, 3.05) is 25.6 Å². The monoisotopic (exact) mass is 546 g/mol. The quantitative estimate of drug-likeness (QED) is 0.193. The zero-order valence-corrected chi connectivity index (χ0v) is 21.6. The van der Waals surface area contributed by atoms with Gasteiger partial charge in [0.15, 0.2) is 5.75 Å². The predicted octanol–water partition coefficient (Wildman–Crippen LogP) is 6.17. The van der Waals surface area contributed by atoms with Gasteiger partial charge in [0.05, 0.1) is 47.0 Å². The van der Waals surface area contributed by atoms with Crippen LogP contribution in [-0.4, -0.2) is 36.3 Å². The van der Waals surface area contributed by atoms with Crippen molar-refractivity contribution in [3.8, 4) is 23.3 Å². The van der Waals surface area contributed by atoms with Gasteiger partial charge in [-0.05, 0) is 35.9 Å². The summed E-state index contributed by atoms with van der Waals surface area (Å²) in [5.41, 5.74) is 2.29. The fourth-order valence-corrected chi connectivity index (χ4v) is 4.41. The van der Waals surface area contributed by atoms with E-state index in [2.05, 4.69) is 16.4 Å². The standard InChI is InChI=1S/C28H23ClN4O6/c1-36-20-5-2-17(3-6-20)15-38-26-7-4-19(10-23(26)29)32-28-18(13-30)14-31-24-12-27(39-21-8-9-37-16-21)25(33(34)35)11-22(24)28/h2-7,10-12,14,21H,8-9,15-16H2,1H3,(H,31,32). The Morgan fingerprint density at radius 2 is 2.03 bits per heavy atom. The van der Waals surface area contributed by atoms with Crippen molar-refractivity contribution in [1.29, 1.82) is 5.26 Å². The summed E-state index contributed by atoms with van der Waals surface area (Å²) >= 11 is 6.49. The van der Waals surface area contributed by atoms with E-state index in [1.807, 2.05) is 24.3 Å². The van der Waals surface area contributed by atoms with Gasteiger partial charge in [0.1, 0.15) is 30.3 Å². The first-order valence-electron chi connectivity index (χ1n) is 12.0. The lowest BCUT2D eigenvalue weighted by atomic mass is 10.1. The number of anilines is 2. The molecule has 0 bridgehead atoms. The van der Waals surface area contributed by atoms with E-state index >= 15 is 0 Å². The van der Waals surface area contributed by atoms with Gasteiger partial charge >= 0.3 is 5.69 Å². The van der Waals surface area contributed by atoms with Crippen LogP contribution < -0.4 is 19.5 Å². The van der Waals surface area contributed by atoms with Crippen molar-refractivity contribution in [2.45, 2.75) is 19.1 Å². The molecule has 1 aromatic heterocycles. The lowest BCUT2D eigenvalue weighted by Crippen LogP contribution is -2.16. The van der Waals surface area contributed by atoms with Gasteiger partial charge in [0.25, 0.3) is 0 Å². The zero-order chi connectivity index (χ0) is 27.4. The molecule has 1 aliphatic heterocycles. The van der Waals surface area contributed by atoms with Gasteiger partial charge in [-0.25, -0.2) is 0 Å². The number of ether oxygens (including phenoxy) is 4. The molecule has 3 aromatic carbocycles. The molecular weight excluding hydrogens is 524 g/mol. The number of nitrogens with one attached hydrogen (secondary N) is 1. The number of methoxy groups -OCH3 is 1. The summed E-state index contributed by atoms with van der Waals surface area (Å²) in [5, 5.41) is 25.6. The Morgan fingerprint density at radius 3 is 2.69 bits per heavy atom. The highest BCUT2D eigenvalue weighted by molar-refractivity contribution is 6.32. The molecule has 11 heteroatoms. The lowest BCUT2D eigenvalue weighted by molar-refractivity contribution is -0.385. The summed E-state index contributed by atoms with van der Waals surface area (Å²) in [7, 11) is 1.61. The minimum Gasteiger partial charge on any atom is -0.497 e. The summed E-state index contributed by atoms with van der Waals surface area (Å²) in [4.78, 5) is 15.7. The van der Waals surface area contributed by atoms with Crippen molar-refractivity contribution in [1.82, 2.24) is 4.98 Å². The topological polar surface area (TPSA) is 129 Å². The third kappa shape index (κ3) is 5.80. The fourth-order valence-electron chi connectivity index (χ4n) is 4.17. The number of nitriles is 1. The van der Waals surface area contributed by atoms with Crippen LogP contribution in [0.15, 0.2) is 60.8 Å². The second-order valence-electron chi connectivity index (χ2n) is 8.76. The average Bonchev–Trinajstić information content (AvgIpc) is 3.46. The molecule has 1 atom stereocenters. The Bertz CT molecular complexity index is 1570. The molecule has 1 unspecified atom stereocenters. The van der Waals surface area contributed by atoms with Crippen LogP contribution in [0.4, 0.5) is 17.1 Å². The number of nitrogens with zero attached hydrogens (tertiary/aromatic N) is 3. The number of nitro benzene ring substituents is 1. The van der Waals surface area contributed by atoms with E-state index in [4.69, 9.17) is 30.5 Å². The highest BCUT2D eigenvalue weighted by atomic mass is 35.5. The molecule has 0 aliphatic carbocycles. The average molecular weight is 547 g/mol.